The van der Waals surface area contributed by atoms with Crippen LogP contribution in [0.4, 0.5) is 0 Å². The van der Waals surface area contributed by atoms with Gasteiger partial charge in [0.1, 0.15) is 0 Å². The van der Waals surface area contributed by atoms with Gasteiger partial charge < -0.3 is 5.73 Å². The second-order valence-electron chi connectivity index (χ2n) is 5.44. The molecule has 1 aromatic rings. The highest BCUT2D eigenvalue weighted by molar-refractivity contribution is 6.30. The summed E-state index contributed by atoms with van der Waals surface area (Å²) in [7, 11) is 0. The summed E-state index contributed by atoms with van der Waals surface area (Å²) in [5.41, 5.74) is 7.39. The maximum Gasteiger partial charge on any atom is 0.0406 e. The number of nitrogens with zero attached hydrogens (tertiary/aromatic N) is 1. The number of unbranched alkanes of at least 4 members (excludes halogenated alkanes) is 1. The van der Waals surface area contributed by atoms with Crippen molar-refractivity contribution in [2.75, 3.05) is 19.6 Å². The lowest BCUT2D eigenvalue weighted by molar-refractivity contribution is 0.115. The fraction of sp³-hybridized carbons (Fsp3) is 0.625. The van der Waals surface area contributed by atoms with Crippen molar-refractivity contribution in [2.45, 2.75) is 45.6 Å². The number of likely N-dealkylation sites (N-methyl/N-ethyl adjacent to an activating group) is 1. The molecule has 0 spiro atoms. The molecule has 0 saturated heterocycles. The Hall–Kier alpha value is -0.570. The third-order valence-corrected chi connectivity index (χ3v) is 4.12. The van der Waals surface area contributed by atoms with E-state index in [1.54, 1.807) is 0 Å². The van der Waals surface area contributed by atoms with E-state index in [9.17, 15) is 0 Å². The fourth-order valence-corrected chi connectivity index (χ4v) is 2.64. The third kappa shape index (κ3) is 4.79. The molecule has 0 aliphatic rings. The number of nitrogens with two attached hydrogens (primary N) is 1. The Morgan fingerprint density at radius 2 is 1.84 bits per heavy atom. The average Bonchev–Trinajstić information content (AvgIpc) is 2.42. The SMILES string of the molecule is CCCCN(CC)C(C)(CN)Cc1ccc(Cl)cc1. The molecule has 0 radical (unpaired) electrons. The summed E-state index contributed by atoms with van der Waals surface area (Å²) in [5.74, 6) is 0. The van der Waals surface area contributed by atoms with Crippen LogP contribution < -0.4 is 5.73 Å². The van der Waals surface area contributed by atoms with Crippen LogP contribution >= 0.6 is 11.6 Å². The van der Waals surface area contributed by atoms with Crippen LogP contribution in [0.2, 0.25) is 5.02 Å². The monoisotopic (exact) mass is 282 g/mol. The average molecular weight is 283 g/mol. The van der Waals surface area contributed by atoms with Crippen molar-refractivity contribution in [3.05, 3.63) is 34.9 Å². The topological polar surface area (TPSA) is 29.3 Å². The summed E-state index contributed by atoms with van der Waals surface area (Å²) in [6.07, 6.45) is 3.42. The Kier molecular flexibility index (Phi) is 6.84. The van der Waals surface area contributed by atoms with Gasteiger partial charge in [0.25, 0.3) is 0 Å². The summed E-state index contributed by atoms with van der Waals surface area (Å²) in [4.78, 5) is 2.51. The van der Waals surface area contributed by atoms with Crippen molar-refractivity contribution in [3.63, 3.8) is 0 Å². The van der Waals surface area contributed by atoms with E-state index in [-0.39, 0.29) is 5.54 Å². The van der Waals surface area contributed by atoms with E-state index in [1.165, 1.54) is 18.4 Å². The Bertz CT molecular complexity index is 364. The van der Waals surface area contributed by atoms with Gasteiger partial charge in [-0.3, -0.25) is 4.90 Å². The second-order valence-corrected chi connectivity index (χ2v) is 5.87. The number of hydrogen-bond donors (Lipinski definition) is 1. The predicted molar refractivity (Wildman–Crippen MR) is 84.8 cm³/mol. The second kappa shape index (κ2) is 7.88. The standard InChI is InChI=1S/C16H27ClN2/c1-4-6-11-19(5-2)16(3,13-18)12-14-7-9-15(17)10-8-14/h7-10H,4-6,11-13,18H2,1-3H3. The number of hydrogen-bond acceptors (Lipinski definition) is 2. The lowest BCUT2D eigenvalue weighted by atomic mass is 9.90. The minimum atomic E-state index is 0.0255. The molecule has 0 heterocycles. The largest absolute Gasteiger partial charge is 0.329 e. The van der Waals surface area contributed by atoms with Crippen LogP contribution in [0.3, 0.4) is 0 Å². The predicted octanol–water partition coefficient (Wildman–Crippen LogP) is 3.72. The van der Waals surface area contributed by atoms with E-state index in [4.69, 9.17) is 17.3 Å². The van der Waals surface area contributed by atoms with Gasteiger partial charge >= 0.3 is 0 Å². The normalized spacial score (nSPS) is 14.6. The number of rotatable bonds is 8. The number of benzene rings is 1. The Balaban J connectivity index is 2.79. The smallest absolute Gasteiger partial charge is 0.0406 e. The molecule has 1 aromatic carbocycles. The molecule has 19 heavy (non-hydrogen) atoms. The maximum atomic E-state index is 6.07. The molecule has 2 N–H and O–H groups in total. The first-order valence-electron chi connectivity index (χ1n) is 7.25. The van der Waals surface area contributed by atoms with Gasteiger partial charge in [0, 0.05) is 17.1 Å². The minimum absolute atomic E-state index is 0.0255. The molecule has 3 heteroatoms. The summed E-state index contributed by atoms with van der Waals surface area (Å²) >= 11 is 5.94. The van der Waals surface area contributed by atoms with Gasteiger partial charge in [-0.25, -0.2) is 0 Å². The molecule has 0 saturated carbocycles. The van der Waals surface area contributed by atoms with E-state index < -0.39 is 0 Å². The van der Waals surface area contributed by atoms with Gasteiger partial charge in [-0.05, 0) is 50.6 Å². The zero-order valence-electron chi connectivity index (χ0n) is 12.5. The highest BCUT2D eigenvalue weighted by Crippen LogP contribution is 2.21. The van der Waals surface area contributed by atoms with Gasteiger partial charge in [0.15, 0.2) is 0 Å². The van der Waals surface area contributed by atoms with Crippen molar-refractivity contribution >= 4 is 11.6 Å². The first kappa shape index (κ1) is 16.5. The van der Waals surface area contributed by atoms with Gasteiger partial charge in [0.05, 0.1) is 0 Å². The zero-order valence-corrected chi connectivity index (χ0v) is 13.2. The van der Waals surface area contributed by atoms with E-state index in [1.807, 2.05) is 12.1 Å². The molecule has 0 amide bonds. The molecule has 0 aliphatic carbocycles. The molecule has 108 valence electrons. The van der Waals surface area contributed by atoms with Crippen molar-refractivity contribution in [2.24, 2.45) is 5.73 Å². The van der Waals surface area contributed by atoms with Gasteiger partial charge in [0.2, 0.25) is 0 Å². The molecule has 0 aromatic heterocycles. The zero-order chi connectivity index (χ0) is 14.3. The van der Waals surface area contributed by atoms with E-state index in [0.717, 1.165) is 24.5 Å². The third-order valence-electron chi connectivity index (χ3n) is 3.86. The number of halogens is 1. The van der Waals surface area contributed by atoms with Crippen molar-refractivity contribution in [1.29, 1.82) is 0 Å². The highest BCUT2D eigenvalue weighted by Gasteiger charge is 2.29. The highest BCUT2D eigenvalue weighted by atomic mass is 35.5. The van der Waals surface area contributed by atoms with Crippen molar-refractivity contribution in [3.8, 4) is 0 Å². The van der Waals surface area contributed by atoms with Gasteiger partial charge in [-0.2, -0.15) is 0 Å². The summed E-state index contributed by atoms with van der Waals surface area (Å²) in [6, 6.07) is 8.11. The molecule has 0 fully saturated rings. The van der Waals surface area contributed by atoms with E-state index in [2.05, 4.69) is 37.8 Å². The Morgan fingerprint density at radius 1 is 1.21 bits per heavy atom. The molecular formula is C16H27ClN2. The first-order chi connectivity index (χ1) is 9.05. The van der Waals surface area contributed by atoms with E-state index >= 15 is 0 Å². The van der Waals surface area contributed by atoms with Crippen LogP contribution in [0.1, 0.15) is 39.2 Å². The molecule has 2 nitrogen and oxygen atoms in total. The van der Waals surface area contributed by atoms with Crippen LogP contribution in [0.25, 0.3) is 0 Å². The summed E-state index contributed by atoms with van der Waals surface area (Å²) in [6.45, 7) is 9.54. The Morgan fingerprint density at radius 3 is 2.32 bits per heavy atom. The fourth-order valence-electron chi connectivity index (χ4n) is 2.51. The van der Waals surface area contributed by atoms with Gasteiger partial charge in [-0.1, -0.05) is 44.0 Å². The van der Waals surface area contributed by atoms with Crippen molar-refractivity contribution < 1.29 is 0 Å². The van der Waals surface area contributed by atoms with Crippen LogP contribution in [0.15, 0.2) is 24.3 Å². The summed E-state index contributed by atoms with van der Waals surface area (Å²) < 4.78 is 0. The molecule has 0 bridgehead atoms. The molecular weight excluding hydrogens is 256 g/mol. The maximum absolute atomic E-state index is 6.07. The molecule has 0 aliphatic heterocycles. The van der Waals surface area contributed by atoms with Crippen molar-refractivity contribution in [1.82, 2.24) is 4.90 Å². The first-order valence-corrected chi connectivity index (χ1v) is 7.63. The van der Waals surface area contributed by atoms with Gasteiger partial charge in [-0.15, -0.1) is 0 Å². The Labute approximate surface area is 122 Å². The lowest BCUT2D eigenvalue weighted by Crippen LogP contribution is -2.53. The van der Waals surface area contributed by atoms with E-state index in [0.29, 0.717) is 6.54 Å². The molecule has 1 atom stereocenters. The lowest BCUT2D eigenvalue weighted by Gasteiger charge is -2.40. The summed E-state index contributed by atoms with van der Waals surface area (Å²) in [5, 5.41) is 0.788. The quantitative estimate of drug-likeness (QED) is 0.787. The van der Waals surface area contributed by atoms with Crippen LogP contribution in [0.5, 0.6) is 0 Å². The van der Waals surface area contributed by atoms with Crippen LogP contribution in [-0.4, -0.2) is 30.1 Å². The molecule has 1 rings (SSSR count). The minimum Gasteiger partial charge on any atom is -0.329 e. The van der Waals surface area contributed by atoms with Crippen LogP contribution in [-0.2, 0) is 6.42 Å². The van der Waals surface area contributed by atoms with Crippen LogP contribution in [0, 0.1) is 0 Å². The molecule has 1 unspecified atom stereocenters.